The van der Waals surface area contributed by atoms with E-state index in [9.17, 15) is 28.8 Å². The summed E-state index contributed by atoms with van der Waals surface area (Å²) in [4.78, 5) is 86.3. The number of anilines is 1. The topological polar surface area (TPSA) is 172 Å². The Balaban J connectivity index is 0.803. The molecule has 2 aromatic carbocycles. The summed E-state index contributed by atoms with van der Waals surface area (Å²) in [5.74, 6) is -0.608. The first-order chi connectivity index (χ1) is 27.5. The van der Waals surface area contributed by atoms with Crippen molar-refractivity contribution in [2.45, 2.75) is 50.1 Å². The highest BCUT2D eigenvalue weighted by molar-refractivity contribution is 9.10. The number of nitrogens with zero attached hydrogens (tertiary/aromatic N) is 5. The number of likely N-dealkylation sites (tertiary alicyclic amines) is 2. The second-order valence-corrected chi connectivity index (χ2v) is 15.9. The highest BCUT2D eigenvalue weighted by Gasteiger charge is 2.46. The lowest BCUT2D eigenvalue weighted by molar-refractivity contribution is -0.136. The molecule has 0 bridgehead atoms. The summed E-state index contributed by atoms with van der Waals surface area (Å²) in [5.41, 5.74) is 1.86. The Bertz CT molecular complexity index is 2310. The van der Waals surface area contributed by atoms with Gasteiger partial charge in [0.2, 0.25) is 11.8 Å². The second kappa shape index (κ2) is 16.1. The Kier molecular flexibility index (Phi) is 10.8. The highest BCUT2D eigenvalue weighted by Crippen LogP contribution is 2.35. The van der Waals surface area contributed by atoms with Crippen molar-refractivity contribution in [2.24, 2.45) is 5.92 Å². The number of carbonyl (C=O) groups is 5. The summed E-state index contributed by atoms with van der Waals surface area (Å²) in [7, 11) is 2.08. The molecule has 5 amide bonds. The maximum atomic E-state index is 13.4. The van der Waals surface area contributed by atoms with Crippen molar-refractivity contribution < 1.29 is 33.4 Å². The Morgan fingerprint density at radius 2 is 1.72 bits per heavy atom. The smallest absolute Gasteiger partial charge is 0.274 e. The van der Waals surface area contributed by atoms with E-state index in [-0.39, 0.29) is 65.7 Å². The van der Waals surface area contributed by atoms with Crippen LogP contribution in [0.25, 0.3) is 5.65 Å². The fourth-order valence-electron chi connectivity index (χ4n) is 8.26. The van der Waals surface area contributed by atoms with Crippen LogP contribution < -0.4 is 25.7 Å². The van der Waals surface area contributed by atoms with Crippen LogP contribution in [0.5, 0.6) is 11.5 Å². The molecule has 4 aliphatic rings. The molecule has 0 saturated carbocycles. The zero-order valence-electron chi connectivity index (χ0n) is 31.3. The molecule has 2 N–H and O–H groups in total. The number of amides is 5. The monoisotopic (exact) mass is 839 g/mol. The van der Waals surface area contributed by atoms with Crippen molar-refractivity contribution in [3.05, 3.63) is 98.4 Å². The van der Waals surface area contributed by atoms with Gasteiger partial charge in [-0.1, -0.05) is 24.3 Å². The minimum atomic E-state index is -1.05. The second-order valence-electron chi connectivity index (χ2n) is 15.1. The van der Waals surface area contributed by atoms with Gasteiger partial charge in [-0.3, -0.25) is 43.4 Å². The first kappa shape index (κ1) is 38.3. The van der Waals surface area contributed by atoms with Crippen molar-refractivity contribution in [1.29, 1.82) is 0 Å². The van der Waals surface area contributed by atoms with E-state index in [4.69, 9.17) is 9.47 Å². The molecular weight excluding hydrogens is 798 g/mol. The normalized spacial score (nSPS) is 21.8. The van der Waals surface area contributed by atoms with E-state index in [2.05, 4.69) is 43.5 Å². The lowest BCUT2D eigenvalue weighted by atomic mass is 9.88. The average Bonchev–Trinajstić information content (AvgIpc) is 3.47. The van der Waals surface area contributed by atoms with Crippen LogP contribution in [0.3, 0.4) is 0 Å². The minimum absolute atomic E-state index is 0.0453. The Labute approximate surface area is 336 Å². The van der Waals surface area contributed by atoms with Crippen LogP contribution in [0.1, 0.15) is 64.3 Å². The fourth-order valence-corrected chi connectivity index (χ4v) is 8.65. The van der Waals surface area contributed by atoms with E-state index < -0.39 is 29.7 Å². The quantitative estimate of drug-likeness (QED) is 0.224. The summed E-state index contributed by atoms with van der Waals surface area (Å²) < 4.78 is 13.9. The minimum Gasteiger partial charge on any atom is -0.492 e. The average molecular weight is 841 g/mol. The number of nitrogens with one attached hydrogen (secondary N) is 2. The van der Waals surface area contributed by atoms with E-state index in [0.717, 1.165) is 30.0 Å². The number of fused-ring (bicyclic) bond motifs is 2. The molecule has 16 heteroatoms. The van der Waals surface area contributed by atoms with Gasteiger partial charge in [0, 0.05) is 44.8 Å². The van der Waals surface area contributed by atoms with Gasteiger partial charge in [-0.2, -0.15) is 0 Å². The van der Waals surface area contributed by atoms with Crippen molar-refractivity contribution in [3.8, 4) is 11.5 Å². The van der Waals surface area contributed by atoms with E-state index in [1.165, 1.54) is 10.5 Å². The molecule has 57 heavy (non-hydrogen) atoms. The molecule has 3 atom stereocenters. The van der Waals surface area contributed by atoms with E-state index in [1.54, 1.807) is 29.3 Å². The Morgan fingerprint density at radius 3 is 2.49 bits per heavy atom. The number of pyridine rings is 1. The number of halogens is 1. The molecular formula is C41H42BrN7O8. The SMILES string of the molecule is CN1C[C@H](Nc2nc3ccccn3c(=O)c2Br)C[C@H](c2ccc(OCC(=O)N3CCC(COc4cccc5c4C(=O)N(C4CCC(=O)NC4=O)C5=O)CC3)cc2)C1. The van der Waals surface area contributed by atoms with Crippen LogP contribution in [0.2, 0.25) is 0 Å². The summed E-state index contributed by atoms with van der Waals surface area (Å²) >= 11 is 3.45. The molecule has 15 nitrogen and oxygen atoms in total. The zero-order chi connectivity index (χ0) is 39.8. The highest BCUT2D eigenvalue weighted by atomic mass is 79.9. The molecule has 1 unspecified atom stereocenters. The van der Waals surface area contributed by atoms with Gasteiger partial charge in [-0.15, -0.1) is 0 Å². The largest absolute Gasteiger partial charge is 0.492 e. The molecule has 0 radical (unpaired) electrons. The lowest BCUT2D eigenvalue weighted by Crippen LogP contribution is -2.54. The summed E-state index contributed by atoms with van der Waals surface area (Å²) in [6.07, 6.45) is 4.06. The van der Waals surface area contributed by atoms with Crippen LogP contribution in [-0.2, 0) is 14.4 Å². The lowest BCUT2D eigenvalue weighted by Gasteiger charge is -2.36. The Morgan fingerprint density at radius 1 is 0.930 bits per heavy atom. The maximum absolute atomic E-state index is 13.4. The van der Waals surface area contributed by atoms with Crippen molar-refractivity contribution in [1.82, 2.24) is 29.4 Å². The molecule has 0 aliphatic carbocycles. The first-order valence-corrected chi connectivity index (χ1v) is 19.9. The number of hydrogen-bond acceptors (Lipinski definition) is 11. The van der Waals surface area contributed by atoms with E-state index >= 15 is 0 Å². The number of benzene rings is 2. The van der Waals surface area contributed by atoms with Crippen molar-refractivity contribution >= 4 is 56.9 Å². The number of aromatic nitrogens is 2. The fraction of sp³-hybridized carbons (Fsp3) is 0.390. The molecule has 296 valence electrons. The molecule has 3 fully saturated rings. The summed E-state index contributed by atoms with van der Waals surface area (Å²) in [6.45, 7) is 2.97. The third-order valence-electron chi connectivity index (χ3n) is 11.2. The van der Waals surface area contributed by atoms with Gasteiger partial charge in [0.05, 0.1) is 17.7 Å². The molecule has 0 spiro atoms. The Hall–Kier alpha value is -5.61. The number of imide groups is 2. The molecule has 6 heterocycles. The van der Waals surface area contributed by atoms with Gasteiger partial charge in [0.15, 0.2) is 6.61 Å². The summed E-state index contributed by atoms with van der Waals surface area (Å²) in [6, 6.07) is 17.2. The van der Waals surface area contributed by atoms with Crippen LogP contribution in [0, 0.1) is 5.92 Å². The van der Waals surface area contributed by atoms with E-state index in [1.807, 2.05) is 36.4 Å². The van der Waals surface area contributed by atoms with Crippen LogP contribution in [-0.4, -0.2) is 112 Å². The maximum Gasteiger partial charge on any atom is 0.274 e. The van der Waals surface area contributed by atoms with Gasteiger partial charge < -0.3 is 24.6 Å². The number of rotatable bonds is 10. The number of ether oxygens (including phenoxy) is 2. The van der Waals surface area contributed by atoms with Gasteiger partial charge in [0.1, 0.15) is 33.5 Å². The molecule has 3 saturated heterocycles. The third kappa shape index (κ3) is 7.88. The first-order valence-electron chi connectivity index (χ1n) is 19.1. The molecule has 4 aromatic rings. The van der Waals surface area contributed by atoms with Crippen LogP contribution >= 0.6 is 15.9 Å². The van der Waals surface area contributed by atoms with Gasteiger partial charge in [0.25, 0.3) is 23.3 Å². The molecule has 2 aromatic heterocycles. The number of piperidine rings is 3. The van der Waals surface area contributed by atoms with Crippen LogP contribution in [0.15, 0.2) is 76.1 Å². The number of carbonyl (C=O) groups excluding carboxylic acids is 5. The van der Waals surface area contributed by atoms with Gasteiger partial charge >= 0.3 is 0 Å². The van der Waals surface area contributed by atoms with Gasteiger partial charge in [-0.25, -0.2) is 4.98 Å². The predicted molar refractivity (Wildman–Crippen MR) is 211 cm³/mol. The zero-order valence-corrected chi connectivity index (χ0v) is 32.9. The van der Waals surface area contributed by atoms with Crippen molar-refractivity contribution in [3.63, 3.8) is 0 Å². The number of hydrogen-bond donors (Lipinski definition) is 2. The van der Waals surface area contributed by atoms with E-state index in [0.29, 0.717) is 54.2 Å². The standard InChI is InChI=1S/C41H42BrN7O8/c1-46-20-26(19-27(21-46)43-37-36(42)41(55)48-16-3-2-7-32(48)44-37)25-8-10-28(11-9-25)56-23-34(51)47-17-14-24(15-18-47)22-57-31-6-4-5-29-35(31)40(54)49(39(29)53)30-12-13-33(50)45-38(30)52/h2-11,16,24,26-27,30,43H,12-15,17-23H2,1H3,(H,45,50,52)/t26-,27+,30?/m0/s1. The molecule has 8 rings (SSSR count). The third-order valence-corrected chi connectivity index (χ3v) is 12.0. The predicted octanol–water partition coefficient (Wildman–Crippen LogP) is 3.45. The van der Waals surface area contributed by atoms with Gasteiger partial charge in [-0.05, 0) is 102 Å². The molecule has 4 aliphatic heterocycles. The number of likely N-dealkylation sites (N-methyl/N-ethyl adjacent to an activating group) is 1. The van der Waals surface area contributed by atoms with Crippen molar-refractivity contribution in [2.75, 3.05) is 51.8 Å². The van der Waals surface area contributed by atoms with Crippen LogP contribution in [0.4, 0.5) is 5.82 Å². The summed E-state index contributed by atoms with van der Waals surface area (Å²) in [5, 5.41) is 5.71.